The zero-order valence-electron chi connectivity index (χ0n) is 17.4. The Balaban J connectivity index is 1.48. The number of nitrogens with zero attached hydrogens (tertiary/aromatic N) is 1. The summed E-state index contributed by atoms with van der Waals surface area (Å²) in [5.74, 6) is 0.330. The lowest BCUT2D eigenvalue weighted by atomic mass is 10.1. The van der Waals surface area contributed by atoms with E-state index in [1.54, 1.807) is 31.2 Å². The van der Waals surface area contributed by atoms with Gasteiger partial charge in [0.15, 0.2) is 6.61 Å². The Morgan fingerprint density at radius 2 is 1.55 bits per heavy atom. The summed E-state index contributed by atoms with van der Waals surface area (Å²) in [6, 6.07) is 23.4. The number of rotatable bonds is 7. The van der Waals surface area contributed by atoms with E-state index in [0.29, 0.717) is 17.1 Å². The minimum atomic E-state index is -0.426. The average molecular weight is 416 g/mol. The van der Waals surface area contributed by atoms with Gasteiger partial charge in [-0.1, -0.05) is 36.4 Å². The normalized spacial score (nSPS) is 10.8. The van der Waals surface area contributed by atoms with Crippen LogP contribution in [0.25, 0.3) is 0 Å². The number of amides is 3. The number of carbonyl (C=O) groups is 2. The van der Waals surface area contributed by atoms with E-state index in [1.165, 1.54) is 0 Å². The molecule has 0 fully saturated rings. The Kier molecular flexibility index (Phi) is 7.37. The summed E-state index contributed by atoms with van der Waals surface area (Å²) < 4.78 is 5.55. The van der Waals surface area contributed by atoms with Crippen molar-refractivity contribution in [2.24, 2.45) is 5.10 Å². The molecule has 0 saturated carbocycles. The summed E-state index contributed by atoms with van der Waals surface area (Å²) in [6.07, 6.45) is 0. The van der Waals surface area contributed by atoms with Crippen molar-refractivity contribution in [2.75, 3.05) is 17.2 Å². The van der Waals surface area contributed by atoms with Crippen LogP contribution in [-0.2, 0) is 4.79 Å². The molecule has 3 aromatic rings. The van der Waals surface area contributed by atoms with E-state index in [4.69, 9.17) is 4.74 Å². The van der Waals surface area contributed by atoms with E-state index in [9.17, 15) is 9.59 Å². The zero-order valence-corrected chi connectivity index (χ0v) is 17.4. The van der Waals surface area contributed by atoms with Gasteiger partial charge in [0.1, 0.15) is 5.75 Å². The van der Waals surface area contributed by atoms with Gasteiger partial charge < -0.3 is 15.4 Å². The fraction of sp³-hybridized carbons (Fsp3) is 0.125. The molecule has 0 aliphatic rings. The van der Waals surface area contributed by atoms with Crippen LogP contribution >= 0.6 is 0 Å². The van der Waals surface area contributed by atoms with Gasteiger partial charge in [-0.15, -0.1) is 0 Å². The lowest BCUT2D eigenvalue weighted by Crippen LogP contribution is -2.25. The number of anilines is 2. The molecule has 3 N–H and O–H groups in total. The highest BCUT2D eigenvalue weighted by atomic mass is 16.5. The third kappa shape index (κ3) is 6.71. The Hall–Kier alpha value is -4.13. The molecule has 0 spiro atoms. The molecule has 0 unspecified atom stereocenters. The summed E-state index contributed by atoms with van der Waals surface area (Å²) in [6.45, 7) is 3.62. The van der Waals surface area contributed by atoms with E-state index < -0.39 is 6.03 Å². The van der Waals surface area contributed by atoms with Gasteiger partial charge in [0.2, 0.25) is 0 Å². The van der Waals surface area contributed by atoms with Gasteiger partial charge in [0.25, 0.3) is 5.91 Å². The first-order chi connectivity index (χ1) is 15.0. The molecular weight excluding hydrogens is 392 g/mol. The molecule has 3 amide bonds. The zero-order chi connectivity index (χ0) is 22.1. The Morgan fingerprint density at radius 3 is 2.26 bits per heavy atom. The number of urea groups is 1. The van der Waals surface area contributed by atoms with Crippen molar-refractivity contribution >= 4 is 29.0 Å². The maximum absolute atomic E-state index is 12.1. The Morgan fingerprint density at radius 1 is 0.871 bits per heavy atom. The quantitative estimate of drug-likeness (QED) is 0.389. The standard InChI is InChI=1S/C24H24N4O3/c1-17-8-6-7-11-22(17)26-23(29)16-31-21-14-12-19(13-15-21)18(2)27-28-24(30)25-20-9-4-3-5-10-20/h3-15H,16H2,1-2H3,(H,26,29)(H2,25,28,30)/b27-18-. The second-order valence-electron chi connectivity index (χ2n) is 6.81. The van der Waals surface area contributed by atoms with E-state index in [0.717, 1.165) is 16.8 Å². The number of hydrazone groups is 1. The highest BCUT2D eigenvalue weighted by Gasteiger charge is 2.06. The maximum Gasteiger partial charge on any atom is 0.339 e. The van der Waals surface area contributed by atoms with Gasteiger partial charge in [-0.3, -0.25) is 4.79 Å². The second-order valence-corrected chi connectivity index (χ2v) is 6.81. The lowest BCUT2D eigenvalue weighted by molar-refractivity contribution is -0.118. The van der Waals surface area contributed by atoms with Crippen LogP contribution in [0.3, 0.4) is 0 Å². The number of benzene rings is 3. The van der Waals surface area contributed by atoms with Crippen molar-refractivity contribution in [3.8, 4) is 5.75 Å². The van der Waals surface area contributed by atoms with E-state index in [-0.39, 0.29) is 12.5 Å². The van der Waals surface area contributed by atoms with Gasteiger partial charge in [0.05, 0.1) is 5.71 Å². The smallest absolute Gasteiger partial charge is 0.339 e. The fourth-order valence-corrected chi connectivity index (χ4v) is 2.72. The van der Waals surface area contributed by atoms with Crippen LogP contribution in [0.5, 0.6) is 5.75 Å². The molecule has 0 aliphatic carbocycles. The van der Waals surface area contributed by atoms with Crippen molar-refractivity contribution in [3.05, 3.63) is 90.0 Å². The minimum Gasteiger partial charge on any atom is -0.484 e. The van der Waals surface area contributed by atoms with E-state index in [2.05, 4.69) is 21.2 Å². The summed E-state index contributed by atoms with van der Waals surface area (Å²) >= 11 is 0. The summed E-state index contributed by atoms with van der Waals surface area (Å²) in [5.41, 5.74) is 6.35. The molecule has 0 bridgehead atoms. The molecule has 3 aromatic carbocycles. The third-order valence-corrected chi connectivity index (χ3v) is 4.42. The van der Waals surface area contributed by atoms with Crippen molar-refractivity contribution in [3.63, 3.8) is 0 Å². The predicted molar refractivity (Wildman–Crippen MR) is 123 cm³/mol. The van der Waals surface area contributed by atoms with Crippen LogP contribution in [0.1, 0.15) is 18.1 Å². The molecule has 31 heavy (non-hydrogen) atoms. The molecular formula is C24H24N4O3. The SMILES string of the molecule is C/C(=N/NC(=O)Nc1ccccc1)c1ccc(OCC(=O)Nc2ccccc2C)cc1. The summed E-state index contributed by atoms with van der Waals surface area (Å²) in [7, 11) is 0. The van der Waals surface area contributed by atoms with Gasteiger partial charge in [0, 0.05) is 11.4 Å². The molecule has 0 aromatic heterocycles. The molecule has 7 nitrogen and oxygen atoms in total. The number of carbonyl (C=O) groups excluding carboxylic acids is 2. The third-order valence-electron chi connectivity index (χ3n) is 4.42. The number of hydrogen-bond donors (Lipinski definition) is 3. The molecule has 3 rings (SSSR count). The number of hydrogen-bond acceptors (Lipinski definition) is 4. The van der Waals surface area contributed by atoms with Crippen LogP contribution < -0.4 is 20.8 Å². The van der Waals surface area contributed by atoms with Gasteiger partial charge >= 0.3 is 6.03 Å². The summed E-state index contributed by atoms with van der Waals surface area (Å²) in [4.78, 5) is 24.0. The number of para-hydroxylation sites is 2. The largest absolute Gasteiger partial charge is 0.484 e. The predicted octanol–water partition coefficient (Wildman–Crippen LogP) is 4.56. The second kappa shape index (κ2) is 10.6. The van der Waals surface area contributed by atoms with Crippen molar-refractivity contribution in [1.29, 1.82) is 0 Å². The summed E-state index contributed by atoms with van der Waals surface area (Å²) in [5, 5.41) is 9.62. The maximum atomic E-state index is 12.1. The van der Waals surface area contributed by atoms with Crippen molar-refractivity contribution in [1.82, 2.24) is 5.43 Å². The van der Waals surface area contributed by atoms with Crippen LogP contribution in [0.2, 0.25) is 0 Å². The highest BCUT2D eigenvalue weighted by Crippen LogP contribution is 2.15. The van der Waals surface area contributed by atoms with Crippen molar-refractivity contribution in [2.45, 2.75) is 13.8 Å². The minimum absolute atomic E-state index is 0.0953. The monoisotopic (exact) mass is 416 g/mol. The topological polar surface area (TPSA) is 91.8 Å². The van der Waals surface area contributed by atoms with Crippen LogP contribution in [0, 0.1) is 6.92 Å². The first-order valence-electron chi connectivity index (χ1n) is 9.76. The Labute approximate surface area is 181 Å². The fourth-order valence-electron chi connectivity index (χ4n) is 2.72. The van der Waals surface area contributed by atoms with Crippen LogP contribution in [0.4, 0.5) is 16.2 Å². The first kappa shape index (κ1) is 21.6. The number of ether oxygens (including phenoxy) is 1. The molecule has 7 heteroatoms. The average Bonchev–Trinajstić information content (AvgIpc) is 2.79. The van der Waals surface area contributed by atoms with Gasteiger partial charge in [-0.2, -0.15) is 5.10 Å². The number of nitrogens with one attached hydrogen (secondary N) is 3. The van der Waals surface area contributed by atoms with E-state index in [1.807, 2.05) is 61.5 Å². The van der Waals surface area contributed by atoms with Crippen LogP contribution in [-0.4, -0.2) is 24.3 Å². The van der Waals surface area contributed by atoms with Gasteiger partial charge in [-0.05, 0) is 67.4 Å². The molecule has 0 radical (unpaired) electrons. The lowest BCUT2D eigenvalue weighted by Gasteiger charge is -2.10. The van der Waals surface area contributed by atoms with E-state index >= 15 is 0 Å². The number of aryl methyl sites for hydroxylation is 1. The molecule has 158 valence electrons. The van der Waals surface area contributed by atoms with Gasteiger partial charge in [-0.25, -0.2) is 10.2 Å². The molecule has 0 atom stereocenters. The first-order valence-corrected chi connectivity index (χ1v) is 9.76. The molecule has 0 saturated heterocycles. The van der Waals surface area contributed by atoms with Crippen LogP contribution in [0.15, 0.2) is 84.0 Å². The molecule has 0 heterocycles. The molecule has 0 aliphatic heterocycles. The van der Waals surface area contributed by atoms with Crippen molar-refractivity contribution < 1.29 is 14.3 Å². The highest BCUT2D eigenvalue weighted by molar-refractivity contribution is 6.00. The Bertz CT molecular complexity index is 1060.